The van der Waals surface area contributed by atoms with E-state index < -0.39 is 11.8 Å². The van der Waals surface area contributed by atoms with Crippen LogP contribution >= 0.6 is 0 Å². The van der Waals surface area contributed by atoms with Gasteiger partial charge in [-0.2, -0.15) is 0 Å². The topological polar surface area (TPSA) is 26.3 Å². The third-order valence-corrected chi connectivity index (χ3v) is 3.25. The number of carbonyl (C=O) groups excluding carboxylic acids is 1. The Morgan fingerprint density at radius 2 is 1.62 bits per heavy atom. The number of esters is 1. The first-order valence-corrected chi connectivity index (χ1v) is 6.65. The molecule has 3 aromatic rings. The van der Waals surface area contributed by atoms with Crippen LogP contribution in [0, 0.1) is 5.82 Å². The molecule has 0 heterocycles. The molecule has 0 spiro atoms. The van der Waals surface area contributed by atoms with Crippen LogP contribution in [0.15, 0.2) is 66.7 Å². The maximum Gasteiger partial charge on any atom is 0.315 e. The number of benzene rings is 3. The maximum atomic E-state index is 13.5. The van der Waals surface area contributed by atoms with E-state index in [1.54, 1.807) is 30.3 Å². The molecule has 0 aliphatic heterocycles. The van der Waals surface area contributed by atoms with E-state index in [2.05, 4.69) is 0 Å². The lowest BCUT2D eigenvalue weighted by molar-refractivity contribution is -0.133. The zero-order valence-corrected chi connectivity index (χ0v) is 11.3. The molecule has 0 aliphatic rings. The molecule has 0 unspecified atom stereocenters. The molecule has 0 atom stereocenters. The van der Waals surface area contributed by atoms with Crippen molar-refractivity contribution in [2.45, 2.75) is 6.42 Å². The zero-order chi connectivity index (χ0) is 14.7. The number of hydrogen-bond acceptors (Lipinski definition) is 2. The molecule has 0 bridgehead atoms. The van der Waals surface area contributed by atoms with Gasteiger partial charge in [0.25, 0.3) is 0 Å². The first kappa shape index (κ1) is 13.3. The quantitative estimate of drug-likeness (QED) is 0.532. The van der Waals surface area contributed by atoms with E-state index in [0.29, 0.717) is 11.3 Å². The molecule has 0 amide bonds. The van der Waals surface area contributed by atoms with E-state index in [4.69, 9.17) is 4.74 Å². The van der Waals surface area contributed by atoms with E-state index in [0.717, 1.165) is 10.8 Å². The Balaban J connectivity index is 1.75. The van der Waals surface area contributed by atoms with E-state index in [1.165, 1.54) is 6.07 Å². The average Bonchev–Trinajstić information content (AvgIpc) is 2.49. The molecule has 3 aromatic carbocycles. The Morgan fingerprint density at radius 3 is 2.43 bits per heavy atom. The van der Waals surface area contributed by atoms with E-state index >= 15 is 0 Å². The summed E-state index contributed by atoms with van der Waals surface area (Å²) in [4.78, 5) is 11.9. The van der Waals surface area contributed by atoms with Gasteiger partial charge in [-0.3, -0.25) is 4.79 Å². The minimum absolute atomic E-state index is 0.0838. The van der Waals surface area contributed by atoms with Crippen LogP contribution in [0.1, 0.15) is 5.56 Å². The third-order valence-electron chi connectivity index (χ3n) is 3.25. The van der Waals surface area contributed by atoms with Gasteiger partial charge in [0.1, 0.15) is 11.6 Å². The Morgan fingerprint density at radius 1 is 0.905 bits per heavy atom. The van der Waals surface area contributed by atoms with Crippen LogP contribution in [-0.2, 0) is 11.2 Å². The zero-order valence-electron chi connectivity index (χ0n) is 11.3. The van der Waals surface area contributed by atoms with Crippen molar-refractivity contribution in [3.05, 3.63) is 78.1 Å². The second kappa shape index (κ2) is 5.75. The molecule has 0 aliphatic carbocycles. The van der Waals surface area contributed by atoms with Crippen molar-refractivity contribution in [2.24, 2.45) is 0 Å². The Bertz CT molecular complexity index is 796. The maximum absolute atomic E-state index is 13.5. The summed E-state index contributed by atoms with van der Waals surface area (Å²) in [6, 6.07) is 19.4. The molecule has 0 saturated heterocycles. The van der Waals surface area contributed by atoms with Crippen LogP contribution in [0.3, 0.4) is 0 Å². The first-order valence-electron chi connectivity index (χ1n) is 6.65. The van der Waals surface area contributed by atoms with E-state index in [-0.39, 0.29) is 6.42 Å². The van der Waals surface area contributed by atoms with Gasteiger partial charge in [-0.1, -0.05) is 48.5 Å². The van der Waals surface area contributed by atoms with Gasteiger partial charge in [-0.15, -0.1) is 0 Å². The van der Waals surface area contributed by atoms with Crippen molar-refractivity contribution in [1.29, 1.82) is 0 Å². The Hall–Kier alpha value is -2.68. The Kier molecular flexibility index (Phi) is 3.65. The van der Waals surface area contributed by atoms with Crippen LogP contribution in [0.4, 0.5) is 4.39 Å². The molecular weight excluding hydrogens is 267 g/mol. The summed E-state index contributed by atoms with van der Waals surface area (Å²) in [5.74, 6) is -0.404. The minimum atomic E-state index is -0.476. The highest BCUT2D eigenvalue weighted by atomic mass is 19.1. The van der Waals surface area contributed by atoms with Crippen molar-refractivity contribution in [3.8, 4) is 5.75 Å². The van der Waals surface area contributed by atoms with Gasteiger partial charge >= 0.3 is 5.97 Å². The molecule has 3 rings (SSSR count). The number of carbonyl (C=O) groups is 1. The number of fused-ring (bicyclic) bond motifs is 1. The van der Waals surface area contributed by atoms with Gasteiger partial charge in [0.15, 0.2) is 0 Å². The van der Waals surface area contributed by atoms with Gasteiger partial charge in [-0.25, -0.2) is 4.39 Å². The highest BCUT2D eigenvalue weighted by Crippen LogP contribution is 2.21. The lowest BCUT2D eigenvalue weighted by Gasteiger charge is -2.06. The van der Waals surface area contributed by atoms with Gasteiger partial charge in [0.2, 0.25) is 0 Å². The highest BCUT2D eigenvalue weighted by Gasteiger charge is 2.10. The van der Waals surface area contributed by atoms with Crippen LogP contribution in [0.2, 0.25) is 0 Å². The highest BCUT2D eigenvalue weighted by molar-refractivity contribution is 5.85. The molecule has 0 aromatic heterocycles. The normalized spacial score (nSPS) is 10.5. The molecule has 0 saturated carbocycles. The third kappa shape index (κ3) is 3.08. The van der Waals surface area contributed by atoms with Crippen LogP contribution in [0.5, 0.6) is 5.75 Å². The second-order valence-electron chi connectivity index (χ2n) is 4.75. The van der Waals surface area contributed by atoms with Gasteiger partial charge < -0.3 is 4.74 Å². The van der Waals surface area contributed by atoms with Crippen molar-refractivity contribution >= 4 is 16.7 Å². The molecule has 104 valence electrons. The summed E-state index contributed by atoms with van der Waals surface area (Å²) < 4.78 is 18.8. The van der Waals surface area contributed by atoms with Crippen molar-refractivity contribution in [2.75, 3.05) is 0 Å². The second-order valence-corrected chi connectivity index (χ2v) is 4.75. The van der Waals surface area contributed by atoms with Gasteiger partial charge in [0, 0.05) is 0 Å². The lowest BCUT2D eigenvalue weighted by Crippen LogP contribution is -2.12. The largest absolute Gasteiger partial charge is 0.426 e. The summed E-state index contributed by atoms with van der Waals surface area (Å²) >= 11 is 0. The molecule has 0 fully saturated rings. The number of hydrogen-bond donors (Lipinski definition) is 0. The summed E-state index contributed by atoms with van der Waals surface area (Å²) in [6.45, 7) is 0. The predicted molar refractivity (Wildman–Crippen MR) is 79.7 cm³/mol. The van der Waals surface area contributed by atoms with Crippen LogP contribution in [-0.4, -0.2) is 5.97 Å². The smallest absolute Gasteiger partial charge is 0.315 e. The number of rotatable bonds is 3. The summed E-state index contributed by atoms with van der Waals surface area (Å²) in [5.41, 5.74) is 0.336. The summed E-state index contributed by atoms with van der Waals surface area (Å²) in [6.07, 6.45) is -0.0838. The minimum Gasteiger partial charge on any atom is -0.426 e. The molecular formula is C18H13FO2. The molecule has 0 radical (unpaired) electrons. The monoisotopic (exact) mass is 280 g/mol. The van der Waals surface area contributed by atoms with Gasteiger partial charge in [-0.05, 0) is 34.5 Å². The van der Waals surface area contributed by atoms with Crippen LogP contribution < -0.4 is 4.74 Å². The van der Waals surface area contributed by atoms with E-state index in [9.17, 15) is 9.18 Å². The average molecular weight is 280 g/mol. The fourth-order valence-electron chi connectivity index (χ4n) is 2.20. The van der Waals surface area contributed by atoms with Gasteiger partial charge in [0.05, 0.1) is 6.42 Å². The SMILES string of the molecule is O=C(Cc1ccccc1F)Oc1ccc2ccccc2c1. The summed E-state index contributed by atoms with van der Waals surface area (Å²) in [5, 5.41) is 2.07. The fourth-order valence-corrected chi connectivity index (χ4v) is 2.20. The van der Waals surface area contributed by atoms with Crippen molar-refractivity contribution < 1.29 is 13.9 Å². The fraction of sp³-hybridized carbons (Fsp3) is 0.0556. The molecule has 2 nitrogen and oxygen atoms in total. The lowest BCUT2D eigenvalue weighted by atomic mass is 10.1. The predicted octanol–water partition coefficient (Wildman–Crippen LogP) is 4.13. The Labute approximate surface area is 121 Å². The van der Waals surface area contributed by atoms with Crippen molar-refractivity contribution in [3.63, 3.8) is 0 Å². The van der Waals surface area contributed by atoms with Crippen molar-refractivity contribution in [1.82, 2.24) is 0 Å². The molecule has 3 heteroatoms. The number of halogens is 1. The number of ether oxygens (including phenoxy) is 1. The molecule has 21 heavy (non-hydrogen) atoms. The van der Waals surface area contributed by atoms with E-state index in [1.807, 2.05) is 30.3 Å². The van der Waals surface area contributed by atoms with Crippen LogP contribution in [0.25, 0.3) is 10.8 Å². The standard InChI is InChI=1S/C18H13FO2/c19-17-8-4-3-7-15(17)12-18(20)21-16-10-9-13-5-1-2-6-14(13)11-16/h1-11H,12H2. The first-order chi connectivity index (χ1) is 10.2. The molecule has 0 N–H and O–H groups in total. The summed E-state index contributed by atoms with van der Waals surface area (Å²) in [7, 11) is 0.